The number of hydrogen-bond donors (Lipinski definition) is 2. The maximum Gasteiger partial charge on any atom is 0.356 e. The quantitative estimate of drug-likeness (QED) is 0.694. The van der Waals surface area contributed by atoms with Gasteiger partial charge in [-0.05, 0) is 24.3 Å². The first-order valence-electron chi connectivity index (χ1n) is 4.97. The second-order valence-electron chi connectivity index (χ2n) is 3.54. The molecule has 3 heterocycles. The van der Waals surface area contributed by atoms with Crippen LogP contribution in [0, 0.1) is 0 Å². The Kier molecular flexibility index (Phi) is 1.94. The zero-order valence-corrected chi connectivity index (χ0v) is 8.66. The predicted molar refractivity (Wildman–Crippen MR) is 59.7 cm³/mol. The van der Waals surface area contributed by atoms with Gasteiger partial charge >= 0.3 is 5.97 Å². The number of rotatable bonds is 2. The lowest BCUT2D eigenvalue weighted by atomic mass is 10.3. The maximum atomic E-state index is 10.8. The number of carbonyl (C=O) groups is 1. The smallest absolute Gasteiger partial charge is 0.356 e. The van der Waals surface area contributed by atoms with Gasteiger partial charge in [0.2, 0.25) is 0 Å². The number of nitrogens with zero attached hydrogens (tertiary/aromatic N) is 3. The SMILES string of the molecule is O=C(O)c1cn2nc(-c3ccc[nH]3)ccc2n1. The van der Waals surface area contributed by atoms with E-state index in [0.29, 0.717) is 5.65 Å². The van der Waals surface area contributed by atoms with Crippen LogP contribution in [0.25, 0.3) is 17.0 Å². The Morgan fingerprint density at radius 1 is 1.35 bits per heavy atom. The first kappa shape index (κ1) is 9.59. The van der Waals surface area contributed by atoms with E-state index in [1.54, 1.807) is 18.3 Å². The molecule has 6 heteroatoms. The average molecular weight is 228 g/mol. The molecular weight excluding hydrogens is 220 g/mol. The number of aromatic amines is 1. The molecule has 0 saturated carbocycles. The number of fused-ring (bicyclic) bond motifs is 1. The van der Waals surface area contributed by atoms with Crippen molar-refractivity contribution in [2.24, 2.45) is 0 Å². The summed E-state index contributed by atoms with van der Waals surface area (Å²) in [5, 5.41) is 13.1. The summed E-state index contributed by atoms with van der Waals surface area (Å²) in [6.07, 6.45) is 3.20. The van der Waals surface area contributed by atoms with Crippen molar-refractivity contribution in [3.8, 4) is 11.4 Å². The molecule has 0 aliphatic rings. The topological polar surface area (TPSA) is 83.3 Å². The van der Waals surface area contributed by atoms with Crippen molar-refractivity contribution in [1.82, 2.24) is 19.6 Å². The number of carboxylic acid groups (broad SMARTS) is 1. The molecule has 0 fully saturated rings. The van der Waals surface area contributed by atoms with Crippen LogP contribution in [-0.2, 0) is 0 Å². The van der Waals surface area contributed by atoms with Crippen molar-refractivity contribution in [1.29, 1.82) is 0 Å². The monoisotopic (exact) mass is 228 g/mol. The van der Waals surface area contributed by atoms with Crippen LogP contribution in [-0.4, -0.2) is 30.7 Å². The Labute approximate surface area is 95.5 Å². The molecular formula is C11H8N4O2. The third kappa shape index (κ3) is 1.55. The Morgan fingerprint density at radius 2 is 2.24 bits per heavy atom. The summed E-state index contributed by atoms with van der Waals surface area (Å²) in [5.41, 5.74) is 2.10. The molecule has 0 unspecified atom stereocenters. The standard InChI is InChI=1S/C11H8N4O2/c16-11(17)9-6-15-10(13-9)4-3-8(14-15)7-2-1-5-12-7/h1-6,12H,(H,16,17). The lowest BCUT2D eigenvalue weighted by molar-refractivity contribution is 0.0691. The Balaban J connectivity index is 2.16. The van der Waals surface area contributed by atoms with Gasteiger partial charge < -0.3 is 10.1 Å². The molecule has 6 nitrogen and oxygen atoms in total. The van der Waals surface area contributed by atoms with E-state index >= 15 is 0 Å². The summed E-state index contributed by atoms with van der Waals surface area (Å²) in [6.45, 7) is 0. The molecule has 0 bridgehead atoms. The molecule has 0 atom stereocenters. The highest BCUT2D eigenvalue weighted by Gasteiger charge is 2.10. The summed E-state index contributed by atoms with van der Waals surface area (Å²) >= 11 is 0. The molecule has 0 spiro atoms. The first-order valence-corrected chi connectivity index (χ1v) is 4.97. The van der Waals surface area contributed by atoms with Crippen LogP contribution in [0.2, 0.25) is 0 Å². The zero-order chi connectivity index (χ0) is 11.8. The van der Waals surface area contributed by atoms with Crippen molar-refractivity contribution in [2.45, 2.75) is 0 Å². The number of aromatic carboxylic acids is 1. The molecule has 17 heavy (non-hydrogen) atoms. The summed E-state index contributed by atoms with van der Waals surface area (Å²) in [5.74, 6) is -1.06. The molecule has 3 rings (SSSR count). The van der Waals surface area contributed by atoms with Crippen molar-refractivity contribution >= 4 is 11.6 Å². The van der Waals surface area contributed by atoms with Gasteiger partial charge in [0.15, 0.2) is 11.3 Å². The maximum absolute atomic E-state index is 10.8. The van der Waals surface area contributed by atoms with Crippen LogP contribution in [0.3, 0.4) is 0 Å². The van der Waals surface area contributed by atoms with Gasteiger partial charge in [-0.15, -0.1) is 0 Å². The highest BCUT2D eigenvalue weighted by atomic mass is 16.4. The van der Waals surface area contributed by atoms with Crippen molar-refractivity contribution in [3.63, 3.8) is 0 Å². The lowest BCUT2D eigenvalue weighted by Gasteiger charge is -1.97. The lowest BCUT2D eigenvalue weighted by Crippen LogP contribution is -1.95. The third-order valence-electron chi connectivity index (χ3n) is 2.41. The summed E-state index contributed by atoms with van der Waals surface area (Å²) in [4.78, 5) is 17.7. The number of H-pyrrole nitrogens is 1. The minimum atomic E-state index is -1.06. The molecule has 0 saturated heterocycles. The van der Waals surface area contributed by atoms with E-state index in [0.717, 1.165) is 11.4 Å². The molecule has 0 aromatic carbocycles. The second kappa shape index (κ2) is 3.44. The summed E-state index contributed by atoms with van der Waals surface area (Å²) in [7, 11) is 0. The normalized spacial score (nSPS) is 10.8. The minimum absolute atomic E-state index is 0.0128. The van der Waals surface area contributed by atoms with E-state index in [2.05, 4.69) is 15.1 Å². The number of nitrogens with one attached hydrogen (secondary N) is 1. The Bertz CT molecular complexity index is 685. The van der Waals surface area contributed by atoms with E-state index in [4.69, 9.17) is 5.11 Å². The Hall–Kier alpha value is -2.63. The molecule has 0 aliphatic heterocycles. The van der Waals surface area contributed by atoms with E-state index in [-0.39, 0.29) is 5.69 Å². The van der Waals surface area contributed by atoms with Crippen LogP contribution >= 0.6 is 0 Å². The molecule has 2 N–H and O–H groups in total. The highest BCUT2D eigenvalue weighted by molar-refractivity contribution is 5.86. The first-order chi connectivity index (χ1) is 8.24. The van der Waals surface area contributed by atoms with Crippen LogP contribution in [0.5, 0.6) is 0 Å². The third-order valence-corrected chi connectivity index (χ3v) is 2.41. The number of carboxylic acids is 1. The van der Waals surface area contributed by atoms with Gasteiger partial charge in [-0.2, -0.15) is 5.10 Å². The van der Waals surface area contributed by atoms with Gasteiger partial charge in [-0.1, -0.05) is 0 Å². The zero-order valence-electron chi connectivity index (χ0n) is 8.66. The highest BCUT2D eigenvalue weighted by Crippen LogP contribution is 2.14. The molecule has 0 radical (unpaired) electrons. The van der Waals surface area contributed by atoms with Crippen LogP contribution in [0.15, 0.2) is 36.7 Å². The fourth-order valence-corrected chi connectivity index (χ4v) is 1.62. The number of hydrogen-bond acceptors (Lipinski definition) is 3. The fourth-order valence-electron chi connectivity index (χ4n) is 1.62. The van der Waals surface area contributed by atoms with Crippen LogP contribution in [0.1, 0.15) is 10.5 Å². The molecule has 84 valence electrons. The molecule has 0 amide bonds. The molecule has 3 aromatic heterocycles. The van der Waals surface area contributed by atoms with Gasteiger partial charge in [-0.3, -0.25) is 0 Å². The average Bonchev–Trinajstić information content (AvgIpc) is 2.97. The van der Waals surface area contributed by atoms with Gasteiger partial charge in [0.05, 0.1) is 11.9 Å². The van der Waals surface area contributed by atoms with E-state index in [9.17, 15) is 4.79 Å². The van der Waals surface area contributed by atoms with Crippen LogP contribution in [0.4, 0.5) is 0 Å². The minimum Gasteiger partial charge on any atom is -0.476 e. The van der Waals surface area contributed by atoms with Crippen molar-refractivity contribution in [3.05, 3.63) is 42.4 Å². The van der Waals surface area contributed by atoms with Crippen molar-refractivity contribution < 1.29 is 9.90 Å². The summed E-state index contributed by atoms with van der Waals surface area (Å²) < 4.78 is 1.46. The van der Waals surface area contributed by atoms with Gasteiger partial charge in [0.25, 0.3) is 0 Å². The number of imidazole rings is 1. The van der Waals surface area contributed by atoms with Gasteiger partial charge in [-0.25, -0.2) is 14.3 Å². The second-order valence-corrected chi connectivity index (χ2v) is 3.54. The fraction of sp³-hybridized carbons (Fsp3) is 0. The van der Waals surface area contributed by atoms with Gasteiger partial charge in [0.1, 0.15) is 5.69 Å². The van der Waals surface area contributed by atoms with Crippen LogP contribution < -0.4 is 0 Å². The largest absolute Gasteiger partial charge is 0.476 e. The van der Waals surface area contributed by atoms with Crippen molar-refractivity contribution in [2.75, 3.05) is 0 Å². The van der Waals surface area contributed by atoms with E-state index in [1.807, 2.05) is 12.1 Å². The van der Waals surface area contributed by atoms with E-state index in [1.165, 1.54) is 10.7 Å². The van der Waals surface area contributed by atoms with E-state index < -0.39 is 5.97 Å². The van der Waals surface area contributed by atoms with Gasteiger partial charge in [0, 0.05) is 6.20 Å². The molecule has 0 aliphatic carbocycles. The summed E-state index contributed by atoms with van der Waals surface area (Å²) in [6, 6.07) is 7.29. The number of aromatic nitrogens is 4. The molecule has 3 aromatic rings. The predicted octanol–water partition coefficient (Wildman–Crippen LogP) is 1.42. The Morgan fingerprint density at radius 3 is 2.94 bits per heavy atom.